The van der Waals surface area contributed by atoms with Crippen molar-refractivity contribution < 1.29 is 9.53 Å². The summed E-state index contributed by atoms with van der Waals surface area (Å²) in [5.74, 6) is 0.851. The summed E-state index contributed by atoms with van der Waals surface area (Å²) in [6, 6.07) is 6.65. The lowest BCUT2D eigenvalue weighted by molar-refractivity contribution is 0.157. The number of amides is 2. The number of benzene rings is 1. The summed E-state index contributed by atoms with van der Waals surface area (Å²) in [6.07, 6.45) is 4.23. The van der Waals surface area contributed by atoms with Crippen molar-refractivity contribution >= 4 is 22.0 Å². The third-order valence-corrected chi connectivity index (χ3v) is 5.34. The molecule has 0 radical (unpaired) electrons. The fourth-order valence-corrected chi connectivity index (χ4v) is 3.53. The molecule has 1 aliphatic rings. The molecule has 0 spiro atoms. The number of rotatable bonds is 5. The summed E-state index contributed by atoms with van der Waals surface area (Å²) < 4.78 is 6.82. The number of nitrogens with one attached hydrogen (secondary N) is 1. The fraction of sp³-hybridized carbons (Fsp3) is 0.650. The average molecular weight is 411 g/mol. The zero-order valence-corrected chi connectivity index (χ0v) is 17.5. The minimum atomic E-state index is 0.0583. The molecule has 5 heteroatoms. The molecule has 1 saturated heterocycles. The second-order valence-electron chi connectivity index (χ2n) is 7.87. The highest BCUT2D eigenvalue weighted by Gasteiger charge is 2.22. The minimum Gasteiger partial charge on any atom is -0.492 e. The number of piperidine rings is 1. The van der Waals surface area contributed by atoms with Gasteiger partial charge in [0.15, 0.2) is 0 Å². The maximum Gasteiger partial charge on any atom is 0.317 e. The van der Waals surface area contributed by atoms with Gasteiger partial charge in [-0.25, -0.2) is 4.79 Å². The van der Waals surface area contributed by atoms with E-state index in [1.54, 1.807) is 0 Å². The molecule has 1 N–H and O–H groups in total. The summed E-state index contributed by atoms with van der Waals surface area (Å²) >= 11 is 3.59. The SMILES string of the molecule is CC1CCCCN1C(=O)NCCCOc1ccc(C(C)(C)C)cc1Br. The minimum absolute atomic E-state index is 0.0583. The Bertz CT molecular complexity index is 584. The van der Waals surface area contributed by atoms with E-state index in [1.165, 1.54) is 12.0 Å². The second kappa shape index (κ2) is 8.93. The summed E-state index contributed by atoms with van der Waals surface area (Å²) in [5, 5.41) is 3.01. The van der Waals surface area contributed by atoms with Crippen LogP contribution in [-0.2, 0) is 5.41 Å². The summed E-state index contributed by atoms with van der Waals surface area (Å²) in [5.41, 5.74) is 1.39. The molecule has 4 nitrogen and oxygen atoms in total. The molecule has 1 aromatic carbocycles. The van der Waals surface area contributed by atoms with E-state index in [0.717, 1.165) is 36.0 Å². The van der Waals surface area contributed by atoms with Crippen molar-refractivity contribution in [2.75, 3.05) is 19.7 Å². The number of carbonyl (C=O) groups excluding carboxylic acids is 1. The monoisotopic (exact) mass is 410 g/mol. The van der Waals surface area contributed by atoms with Crippen LogP contribution in [0.4, 0.5) is 4.79 Å². The third-order valence-electron chi connectivity index (χ3n) is 4.72. The van der Waals surface area contributed by atoms with Crippen LogP contribution in [0, 0.1) is 0 Å². The molecule has 0 aliphatic carbocycles. The van der Waals surface area contributed by atoms with Gasteiger partial charge in [0.1, 0.15) is 5.75 Å². The topological polar surface area (TPSA) is 41.6 Å². The number of hydrogen-bond donors (Lipinski definition) is 1. The van der Waals surface area contributed by atoms with Gasteiger partial charge in [-0.2, -0.15) is 0 Å². The first-order chi connectivity index (χ1) is 11.8. The van der Waals surface area contributed by atoms with Crippen LogP contribution in [0.5, 0.6) is 5.75 Å². The second-order valence-corrected chi connectivity index (χ2v) is 8.72. The van der Waals surface area contributed by atoms with E-state index in [9.17, 15) is 4.79 Å². The smallest absolute Gasteiger partial charge is 0.317 e. The highest BCUT2D eigenvalue weighted by molar-refractivity contribution is 9.10. The van der Waals surface area contributed by atoms with Gasteiger partial charge in [0.25, 0.3) is 0 Å². The summed E-state index contributed by atoms with van der Waals surface area (Å²) in [4.78, 5) is 14.1. The molecule has 1 atom stereocenters. The number of likely N-dealkylation sites (tertiary alicyclic amines) is 1. The first-order valence-corrected chi connectivity index (χ1v) is 10.1. The Morgan fingerprint density at radius 3 is 2.76 bits per heavy atom. The standard InChI is InChI=1S/C20H31BrN2O2/c1-15-8-5-6-12-23(15)19(24)22-11-7-13-25-18-10-9-16(14-17(18)21)20(2,3)4/h9-10,14-15H,5-8,11-13H2,1-4H3,(H,22,24). The lowest BCUT2D eigenvalue weighted by Crippen LogP contribution is -2.47. The lowest BCUT2D eigenvalue weighted by Gasteiger charge is -2.33. The number of hydrogen-bond acceptors (Lipinski definition) is 2. The number of nitrogens with zero attached hydrogens (tertiary/aromatic N) is 1. The molecule has 2 amide bonds. The van der Waals surface area contributed by atoms with E-state index in [0.29, 0.717) is 19.2 Å². The Hall–Kier alpha value is -1.23. The third kappa shape index (κ3) is 5.91. The van der Waals surface area contributed by atoms with E-state index >= 15 is 0 Å². The largest absolute Gasteiger partial charge is 0.492 e. The Labute approximate surface area is 160 Å². The quantitative estimate of drug-likeness (QED) is 0.685. The van der Waals surface area contributed by atoms with Crippen LogP contribution in [0.25, 0.3) is 0 Å². The fourth-order valence-electron chi connectivity index (χ4n) is 3.04. The van der Waals surface area contributed by atoms with Crippen LogP contribution < -0.4 is 10.1 Å². The first kappa shape index (κ1) is 20.1. The number of halogens is 1. The van der Waals surface area contributed by atoms with E-state index in [2.05, 4.69) is 61.1 Å². The first-order valence-electron chi connectivity index (χ1n) is 9.26. The van der Waals surface area contributed by atoms with Crippen LogP contribution >= 0.6 is 15.9 Å². The van der Waals surface area contributed by atoms with Crippen molar-refractivity contribution in [1.29, 1.82) is 0 Å². The number of urea groups is 1. The molecule has 0 saturated carbocycles. The van der Waals surface area contributed by atoms with Crippen molar-refractivity contribution in [3.05, 3.63) is 28.2 Å². The van der Waals surface area contributed by atoms with Crippen LogP contribution in [0.1, 0.15) is 58.9 Å². The van der Waals surface area contributed by atoms with Crippen LogP contribution in [0.2, 0.25) is 0 Å². The van der Waals surface area contributed by atoms with Crippen molar-refractivity contribution in [2.45, 2.75) is 64.8 Å². The van der Waals surface area contributed by atoms with Crippen LogP contribution in [0.15, 0.2) is 22.7 Å². The maximum atomic E-state index is 12.2. The molecule has 25 heavy (non-hydrogen) atoms. The normalized spacial score (nSPS) is 18.1. The van der Waals surface area contributed by atoms with E-state index in [-0.39, 0.29) is 11.4 Å². The van der Waals surface area contributed by atoms with Gasteiger partial charge in [-0.15, -0.1) is 0 Å². The van der Waals surface area contributed by atoms with Crippen molar-refractivity contribution in [1.82, 2.24) is 10.2 Å². The van der Waals surface area contributed by atoms with Gasteiger partial charge < -0.3 is 15.0 Å². The zero-order valence-electron chi connectivity index (χ0n) is 15.9. The van der Waals surface area contributed by atoms with Crippen LogP contribution in [0.3, 0.4) is 0 Å². The van der Waals surface area contributed by atoms with E-state index in [1.807, 2.05) is 11.0 Å². The van der Waals surface area contributed by atoms with Crippen molar-refractivity contribution in [3.8, 4) is 5.75 Å². The molecular formula is C20H31BrN2O2. The van der Waals surface area contributed by atoms with E-state index < -0.39 is 0 Å². The van der Waals surface area contributed by atoms with Gasteiger partial charge in [-0.3, -0.25) is 0 Å². The van der Waals surface area contributed by atoms with Gasteiger partial charge in [0.05, 0.1) is 11.1 Å². The van der Waals surface area contributed by atoms with Crippen LogP contribution in [-0.4, -0.2) is 36.7 Å². The summed E-state index contributed by atoms with van der Waals surface area (Å²) in [6.45, 7) is 10.8. The predicted molar refractivity (Wildman–Crippen MR) is 106 cm³/mol. The summed E-state index contributed by atoms with van der Waals surface area (Å²) in [7, 11) is 0. The Morgan fingerprint density at radius 1 is 1.36 bits per heavy atom. The van der Waals surface area contributed by atoms with Gasteiger partial charge in [-0.1, -0.05) is 26.8 Å². The molecule has 1 unspecified atom stereocenters. The molecule has 140 valence electrons. The molecule has 2 rings (SSSR count). The Kier molecular flexibility index (Phi) is 7.17. The molecular weight excluding hydrogens is 380 g/mol. The van der Waals surface area contributed by atoms with Gasteiger partial charge in [0.2, 0.25) is 0 Å². The Morgan fingerprint density at radius 2 is 2.12 bits per heavy atom. The Balaban J connectivity index is 1.72. The molecule has 1 aliphatic heterocycles. The maximum absolute atomic E-state index is 12.2. The van der Waals surface area contributed by atoms with E-state index in [4.69, 9.17) is 4.74 Å². The predicted octanol–water partition coefficient (Wildman–Crippen LogP) is 5.10. The highest BCUT2D eigenvalue weighted by atomic mass is 79.9. The average Bonchev–Trinajstić information content (AvgIpc) is 2.55. The van der Waals surface area contributed by atoms with Gasteiger partial charge in [-0.05, 0) is 71.6 Å². The van der Waals surface area contributed by atoms with Crippen molar-refractivity contribution in [3.63, 3.8) is 0 Å². The molecule has 1 fully saturated rings. The molecule has 0 bridgehead atoms. The van der Waals surface area contributed by atoms with Crippen molar-refractivity contribution in [2.24, 2.45) is 0 Å². The highest BCUT2D eigenvalue weighted by Crippen LogP contribution is 2.31. The molecule has 1 heterocycles. The molecule has 0 aromatic heterocycles. The zero-order chi connectivity index (χ0) is 18.4. The van der Waals surface area contributed by atoms with Gasteiger partial charge in [0, 0.05) is 19.1 Å². The number of ether oxygens (including phenoxy) is 1. The lowest BCUT2D eigenvalue weighted by atomic mass is 9.87. The molecule has 1 aromatic rings. The van der Waals surface area contributed by atoms with Gasteiger partial charge >= 0.3 is 6.03 Å². The number of carbonyl (C=O) groups is 1.